The lowest BCUT2D eigenvalue weighted by molar-refractivity contribution is 0.554. The van der Waals surface area contributed by atoms with E-state index in [1.165, 1.54) is 63.4 Å². The van der Waals surface area contributed by atoms with E-state index in [1.807, 2.05) is 0 Å². The van der Waals surface area contributed by atoms with E-state index in [4.69, 9.17) is 0 Å². The Morgan fingerprint density at radius 3 is 2.05 bits per heavy atom. The summed E-state index contributed by atoms with van der Waals surface area (Å²) in [6.07, 6.45) is 14.5. The summed E-state index contributed by atoms with van der Waals surface area (Å²) in [5.41, 5.74) is 1.42. The van der Waals surface area contributed by atoms with Gasteiger partial charge in [-0.25, -0.2) is 0 Å². The molecule has 0 aliphatic carbocycles. The molecule has 0 aliphatic rings. The van der Waals surface area contributed by atoms with Crippen molar-refractivity contribution in [2.24, 2.45) is 0 Å². The van der Waals surface area contributed by atoms with Crippen LogP contribution in [0.15, 0.2) is 43.0 Å². The van der Waals surface area contributed by atoms with E-state index in [2.05, 4.69) is 49.9 Å². The van der Waals surface area contributed by atoms with Crippen molar-refractivity contribution in [1.82, 2.24) is 0 Å². The van der Waals surface area contributed by atoms with Gasteiger partial charge >= 0.3 is 0 Å². The lowest BCUT2D eigenvalue weighted by Gasteiger charge is -2.12. The van der Waals surface area contributed by atoms with Crippen LogP contribution >= 0.6 is 0 Å². The number of hydrogen-bond acceptors (Lipinski definition) is 0. The van der Waals surface area contributed by atoms with Crippen LogP contribution in [0.4, 0.5) is 0 Å². The highest BCUT2D eigenvalue weighted by Gasteiger charge is 2.05. The van der Waals surface area contributed by atoms with Crippen LogP contribution in [0.5, 0.6) is 0 Å². The predicted molar refractivity (Wildman–Crippen MR) is 86.6 cm³/mol. The zero-order valence-corrected chi connectivity index (χ0v) is 12.6. The average molecular weight is 258 g/mol. The van der Waals surface area contributed by atoms with Gasteiger partial charge in [0.25, 0.3) is 0 Å². The molecule has 0 aromatic heterocycles. The van der Waals surface area contributed by atoms with Gasteiger partial charge in [0.1, 0.15) is 0 Å². The predicted octanol–water partition coefficient (Wildman–Crippen LogP) is 6.49. The molecule has 1 aromatic carbocycles. The molecule has 1 atom stereocenters. The molecule has 0 nitrogen and oxygen atoms in total. The van der Waals surface area contributed by atoms with Gasteiger partial charge in [0, 0.05) is 5.92 Å². The molecular weight excluding hydrogens is 228 g/mol. The first-order chi connectivity index (χ1) is 9.38. The number of allylic oxidation sites excluding steroid dienone is 1. The average Bonchev–Trinajstić information content (AvgIpc) is 2.47. The van der Waals surface area contributed by atoms with Gasteiger partial charge in [-0.2, -0.15) is 0 Å². The SMILES string of the molecule is C=CC(CCCCCCCCCC)c1ccccc1. The first-order valence-corrected chi connectivity index (χ1v) is 8.06. The van der Waals surface area contributed by atoms with Gasteiger partial charge in [-0.1, -0.05) is 94.7 Å². The third-order valence-electron chi connectivity index (χ3n) is 3.88. The topological polar surface area (TPSA) is 0 Å². The Morgan fingerprint density at radius 2 is 1.47 bits per heavy atom. The first kappa shape index (κ1) is 16.0. The van der Waals surface area contributed by atoms with Crippen molar-refractivity contribution in [3.05, 3.63) is 48.6 Å². The van der Waals surface area contributed by atoms with Crippen LogP contribution in [0.2, 0.25) is 0 Å². The zero-order valence-electron chi connectivity index (χ0n) is 12.6. The quantitative estimate of drug-likeness (QED) is 0.314. The second-order valence-electron chi connectivity index (χ2n) is 5.52. The van der Waals surface area contributed by atoms with Gasteiger partial charge in [-0.3, -0.25) is 0 Å². The summed E-state index contributed by atoms with van der Waals surface area (Å²) in [7, 11) is 0. The number of hydrogen-bond donors (Lipinski definition) is 0. The van der Waals surface area contributed by atoms with Crippen LogP contribution in [0, 0.1) is 0 Å². The molecule has 0 heteroatoms. The van der Waals surface area contributed by atoms with Crippen LogP contribution < -0.4 is 0 Å². The number of benzene rings is 1. The number of rotatable bonds is 11. The molecule has 1 rings (SSSR count). The van der Waals surface area contributed by atoms with Crippen molar-refractivity contribution in [1.29, 1.82) is 0 Å². The molecule has 0 saturated heterocycles. The van der Waals surface area contributed by atoms with Gasteiger partial charge in [-0.05, 0) is 12.0 Å². The smallest absolute Gasteiger partial charge is 0.00152 e. The van der Waals surface area contributed by atoms with Gasteiger partial charge in [0.2, 0.25) is 0 Å². The monoisotopic (exact) mass is 258 g/mol. The summed E-state index contributed by atoms with van der Waals surface area (Å²) in [5, 5.41) is 0. The highest BCUT2D eigenvalue weighted by Crippen LogP contribution is 2.23. The van der Waals surface area contributed by atoms with Crippen molar-refractivity contribution in [3.63, 3.8) is 0 Å². The van der Waals surface area contributed by atoms with E-state index in [-0.39, 0.29) is 0 Å². The van der Waals surface area contributed by atoms with Crippen LogP contribution in [-0.2, 0) is 0 Å². The third-order valence-corrected chi connectivity index (χ3v) is 3.88. The second kappa shape index (κ2) is 10.8. The molecule has 1 aromatic rings. The molecule has 1 unspecified atom stereocenters. The number of unbranched alkanes of at least 4 members (excludes halogenated alkanes) is 7. The van der Waals surface area contributed by atoms with Crippen molar-refractivity contribution in [2.45, 2.75) is 70.6 Å². The first-order valence-electron chi connectivity index (χ1n) is 8.06. The maximum absolute atomic E-state index is 3.99. The van der Waals surface area contributed by atoms with Crippen LogP contribution in [-0.4, -0.2) is 0 Å². The normalized spacial score (nSPS) is 12.3. The molecular formula is C19H30. The Bertz CT molecular complexity index is 312. The van der Waals surface area contributed by atoms with E-state index in [0.717, 1.165) is 0 Å². The maximum Gasteiger partial charge on any atom is 0.00152 e. The molecule has 0 aliphatic heterocycles. The van der Waals surface area contributed by atoms with Crippen molar-refractivity contribution in [2.75, 3.05) is 0 Å². The second-order valence-corrected chi connectivity index (χ2v) is 5.52. The third kappa shape index (κ3) is 7.20. The van der Waals surface area contributed by atoms with E-state index < -0.39 is 0 Å². The largest absolute Gasteiger partial charge is 0.102 e. The Morgan fingerprint density at radius 1 is 0.895 bits per heavy atom. The zero-order chi connectivity index (χ0) is 13.8. The molecule has 0 spiro atoms. The Balaban J connectivity index is 2.09. The lowest BCUT2D eigenvalue weighted by Crippen LogP contribution is -1.94. The minimum Gasteiger partial charge on any atom is -0.102 e. The van der Waals surface area contributed by atoms with E-state index in [1.54, 1.807) is 0 Å². The molecule has 0 amide bonds. The fourth-order valence-electron chi connectivity index (χ4n) is 2.62. The van der Waals surface area contributed by atoms with Crippen LogP contribution in [0.1, 0.15) is 76.2 Å². The molecule has 106 valence electrons. The molecule has 0 radical (unpaired) electrons. The summed E-state index contributed by atoms with van der Waals surface area (Å²) < 4.78 is 0. The minimum absolute atomic E-state index is 0.543. The van der Waals surface area contributed by atoms with Gasteiger partial charge in [0.05, 0.1) is 0 Å². The summed E-state index contributed by atoms with van der Waals surface area (Å²) in [5.74, 6) is 0.543. The van der Waals surface area contributed by atoms with E-state index in [0.29, 0.717) is 5.92 Å². The van der Waals surface area contributed by atoms with Crippen LogP contribution in [0.3, 0.4) is 0 Å². The minimum atomic E-state index is 0.543. The fourth-order valence-corrected chi connectivity index (χ4v) is 2.62. The summed E-state index contributed by atoms with van der Waals surface area (Å²) in [4.78, 5) is 0. The van der Waals surface area contributed by atoms with Crippen molar-refractivity contribution in [3.8, 4) is 0 Å². The molecule has 0 heterocycles. The van der Waals surface area contributed by atoms with E-state index in [9.17, 15) is 0 Å². The van der Waals surface area contributed by atoms with Crippen molar-refractivity contribution < 1.29 is 0 Å². The van der Waals surface area contributed by atoms with Gasteiger partial charge in [0.15, 0.2) is 0 Å². The molecule has 0 fully saturated rings. The summed E-state index contributed by atoms with van der Waals surface area (Å²) in [6, 6.07) is 10.8. The highest BCUT2D eigenvalue weighted by molar-refractivity contribution is 5.22. The van der Waals surface area contributed by atoms with Crippen LogP contribution in [0.25, 0.3) is 0 Å². The molecule has 0 N–H and O–H groups in total. The Kier molecular flexibility index (Phi) is 9.14. The van der Waals surface area contributed by atoms with Gasteiger partial charge in [-0.15, -0.1) is 6.58 Å². The molecule has 19 heavy (non-hydrogen) atoms. The fraction of sp³-hybridized carbons (Fsp3) is 0.579. The lowest BCUT2D eigenvalue weighted by atomic mass is 9.93. The van der Waals surface area contributed by atoms with E-state index >= 15 is 0 Å². The summed E-state index contributed by atoms with van der Waals surface area (Å²) >= 11 is 0. The Labute approximate surface area is 119 Å². The highest BCUT2D eigenvalue weighted by atomic mass is 14.1. The summed E-state index contributed by atoms with van der Waals surface area (Å²) in [6.45, 7) is 6.26. The molecule has 0 bridgehead atoms. The maximum atomic E-state index is 3.99. The standard InChI is InChI=1S/C19H30/c1-3-5-6-7-8-9-10-12-15-18(4-2)19-16-13-11-14-17-19/h4,11,13-14,16-18H,2-3,5-10,12,15H2,1H3. The Hall–Kier alpha value is -1.04. The van der Waals surface area contributed by atoms with Crippen molar-refractivity contribution >= 4 is 0 Å². The molecule has 0 saturated carbocycles. The van der Waals surface area contributed by atoms with Gasteiger partial charge < -0.3 is 0 Å².